The highest BCUT2D eigenvalue weighted by Crippen LogP contribution is 2.25. The van der Waals surface area contributed by atoms with Crippen LogP contribution < -0.4 is 16.4 Å². The molecule has 32 heavy (non-hydrogen) atoms. The fraction of sp³-hybridized carbons (Fsp3) is 0.560. The maximum Gasteiger partial charge on any atom is 0.279 e. The molecule has 7 heteroatoms. The van der Waals surface area contributed by atoms with Gasteiger partial charge in [0, 0.05) is 18.9 Å². The van der Waals surface area contributed by atoms with Gasteiger partial charge in [0.25, 0.3) is 11.5 Å². The van der Waals surface area contributed by atoms with Crippen molar-refractivity contribution in [2.45, 2.75) is 84.0 Å². The molecule has 0 bridgehead atoms. The fourth-order valence-electron chi connectivity index (χ4n) is 3.89. The number of nitrogens with one attached hydrogen (secondary N) is 2. The van der Waals surface area contributed by atoms with Crippen molar-refractivity contribution in [3.63, 3.8) is 0 Å². The van der Waals surface area contributed by atoms with Gasteiger partial charge in [0.1, 0.15) is 11.3 Å². The number of aromatic nitrogens is 1. The number of aryl methyl sites for hydroxylation is 1. The molecule has 0 aliphatic carbocycles. The molecule has 0 atom stereocenters. The van der Waals surface area contributed by atoms with Crippen molar-refractivity contribution in [2.75, 3.05) is 0 Å². The number of carbonyl (C=O) groups excluding carboxylic acids is 2. The number of hydrogen-bond acceptors (Lipinski definition) is 4. The molecule has 0 saturated carbocycles. The maximum absolute atomic E-state index is 12.5. The predicted octanol–water partition coefficient (Wildman–Crippen LogP) is 4.71. The maximum atomic E-state index is 12.5. The van der Waals surface area contributed by atoms with Crippen LogP contribution in [0.15, 0.2) is 29.1 Å². The van der Waals surface area contributed by atoms with Gasteiger partial charge in [-0.25, -0.2) is 0 Å². The predicted molar refractivity (Wildman–Crippen MR) is 128 cm³/mol. The van der Waals surface area contributed by atoms with Crippen molar-refractivity contribution in [3.8, 4) is 5.75 Å². The van der Waals surface area contributed by atoms with Gasteiger partial charge in [0.05, 0.1) is 5.52 Å². The summed E-state index contributed by atoms with van der Waals surface area (Å²) < 4.78 is 1.30. The number of benzene rings is 1. The molecule has 0 aliphatic heterocycles. The van der Waals surface area contributed by atoms with Gasteiger partial charge in [-0.3, -0.25) is 25.2 Å². The average molecular weight is 444 g/mol. The van der Waals surface area contributed by atoms with Gasteiger partial charge in [0.2, 0.25) is 5.91 Å². The number of fused-ring (bicyclic) bond motifs is 1. The second-order valence-electron chi connectivity index (χ2n) is 8.39. The van der Waals surface area contributed by atoms with E-state index in [0.717, 1.165) is 19.3 Å². The topological polar surface area (TPSA) is 100 Å². The number of hydrazine groups is 1. The molecule has 7 nitrogen and oxygen atoms in total. The van der Waals surface area contributed by atoms with Crippen molar-refractivity contribution in [1.82, 2.24) is 15.4 Å². The number of rotatable bonds is 13. The summed E-state index contributed by atoms with van der Waals surface area (Å²) in [6.07, 6.45) is 13.5. The van der Waals surface area contributed by atoms with E-state index in [0.29, 0.717) is 17.3 Å². The number of aromatic hydroxyl groups is 1. The van der Waals surface area contributed by atoms with E-state index in [2.05, 4.69) is 17.8 Å². The lowest BCUT2D eigenvalue weighted by Crippen LogP contribution is -2.43. The van der Waals surface area contributed by atoms with Crippen LogP contribution in [0.2, 0.25) is 0 Å². The van der Waals surface area contributed by atoms with E-state index in [4.69, 9.17) is 0 Å². The summed E-state index contributed by atoms with van der Waals surface area (Å²) in [6.45, 7) is 2.23. The summed E-state index contributed by atoms with van der Waals surface area (Å²) in [5.74, 6) is -1.53. The normalized spacial score (nSPS) is 10.9. The van der Waals surface area contributed by atoms with Crippen molar-refractivity contribution < 1.29 is 14.7 Å². The van der Waals surface area contributed by atoms with E-state index in [1.807, 2.05) is 0 Å². The second-order valence-corrected chi connectivity index (χ2v) is 8.39. The zero-order chi connectivity index (χ0) is 23.3. The minimum absolute atomic E-state index is 0.305. The Bertz CT molecular complexity index is 952. The van der Waals surface area contributed by atoms with Crippen LogP contribution in [-0.2, 0) is 11.8 Å². The third-order valence-electron chi connectivity index (χ3n) is 5.83. The summed E-state index contributed by atoms with van der Waals surface area (Å²) in [5.41, 5.74) is 4.10. The van der Waals surface area contributed by atoms with Gasteiger partial charge in [-0.1, -0.05) is 83.3 Å². The van der Waals surface area contributed by atoms with Crippen LogP contribution in [0.1, 0.15) is 94.3 Å². The van der Waals surface area contributed by atoms with Crippen molar-refractivity contribution in [2.24, 2.45) is 7.05 Å². The monoisotopic (exact) mass is 443 g/mol. The summed E-state index contributed by atoms with van der Waals surface area (Å²) >= 11 is 0. The fourth-order valence-corrected chi connectivity index (χ4v) is 3.89. The lowest BCUT2D eigenvalue weighted by molar-refractivity contribution is -0.122. The summed E-state index contributed by atoms with van der Waals surface area (Å²) in [7, 11) is 1.53. The van der Waals surface area contributed by atoms with Crippen LogP contribution in [0, 0.1) is 0 Å². The Balaban J connectivity index is 1.69. The highest BCUT2D eigenvalue weighted by molar-refractivity contribution is 6.02. The van der Waals surface area contributed by atoms with E-state index in [1.54, 1.807) is 24.3 Å². The summed E-state index contributed by atoms with van der Waals surface area (Å²) in [5, 5.41) is 10.8. The standard InChI is InChI=1S/C25H37N3O4/c1-3-4-5-6-7-8-9-10-11-12-13-18-21(29)26-27-24(31)22-23(30)19-16-14-15-17-20(19)28(2)25(22)32/h14-17,30H,3-13,18H2,1-2H3,(H,26,29)(H,27,31). The molecule has 3 N–H and O–H groups in total. The van der Waals surface area contributed by atoms with Crippen LogP contribution in [0.5, 0.6) is 5.75 Å². The third kappa shape index (κ3) is 7.39. The van der Waals surface area contributed by atoms with E-state index in [-0.39, 0.29) is 17.2 Å². The highest BCUT2D eigenvalue weighted by atomic mass is 16.3. The Morgan fingerprint density at radius 3 is 2.06 bits per heavy atom. The van der Waals surface area contributed by atoms with Crippen molar-refractivity contribution in [3.05, 3.63) is 40.2 Å². The Labute approximate surface area is 190 Å². The largest absolute Gasteiger partial charge is 0.506 e. The minimum atomic E-state index is -0.832. The lowest BCUT2D eigenvalue weighted by atomic mass is 10.1. The number of nitrogens with zero attached hydrogens (tertiary/aromatic N) is 1. The van der Waals surface area contributed by atoms with E-state index in [9.17, 15) is 19.5 Å². The van der Waals surface area contributed by atoms with Crippen LogP contribution >= 0.6 is 0 Å². The first-order chi connectivity index (χ1) is 15.5. The zero-order valence-electron chi connectivity index (χ0n) is 19.4. The number of pyridine rings is 1. The minimum Gasteiger partial charge on any atom is -0.506 e. The van der Waals surface area contributed by atoms with Gasteiger partial charge in [-0.15, -0.1) is 0 Å². The first-order valence-electron chi connectivity index (χ1n) is 11.9. The first kappa shape index (κ1) is 25.4. The lowest BCUT2D eigenvalue weighted by Gasteiger charge is -2.12. The first-order valence-corrected chi connectivity index (χ1v) is 11.9. The molecular formula is C25H37N3O4. The number of unbranched alkanes of at least 4 members (excludes halogenated alkanes) is 10. The number of hydrogen-bond donors (Lipinski definition) is 3. The molecule has 0 unspecified atom stereocenters. The summed E-state index contributed by atoms with van der Waals surface area (Å²) in [4.78, 5) is 37.0. The van der Waals surface area contributed by atoms with E-state index in [1.165, 1.54) is 63.0 Å². The zero-order valence-corrected chi connectivity index (χ0v) is 19.4. The SMILES string of the molecule is CCCCCCCCCCCCCC(=O)NNC(=O)c1c(O)c2ccccc2n(C)c1=O. The highest BCUT2D eigenvalue weighted by Gasteiger charge is 2.21. The Kier molecular flexibility index (Phi) is 10.8. The average Bonchev–Trinajstić information content (AvgIpc) is 2.80. The molecule has 2 amide bonds. The molecule has 0 saturated heterocycles. The molecule has 1 heterocycles. The quantitative estimate of drug-likeness (QED) is 0.308. The van der Waals surface area contributed by atoms with Crippen molar-refractivity contribution >= 4 is 22.7 Å². The van der Waals surface area contributed by atoms with E-state index >= 15 is 0 Å². The Morgan fingerprint density at radius 2 is 1.44 bits per heavy atom. The molecule has 1 aromatic carbocycles. The number of carbonyl (C=O) groups is 2. The van der Waals surface area contributed by atoms with Gasteiger partial charge in [0.15, 0.2) is 0 Å². The molecule has 1 aromatic heterocycles. The second kappa shape index (κ2) is 13.6. The van der Waals surface area contributed by atoms with Gasteiger partial charge in [-0.2, -0.15) is 0 Å². The van der Waals surface area contributed by atoms with Crippen LogP contribution in [0.25, 0.3) is 10.9 Å². The smallest absolute Gasteiger partial charge is 0.279 e. The molecule has 0 aliphatic rings. The van der Waals surface area contributed by atoms with Gasteiger partial charge in [-0.05, 0) is 18.6 Å². The molecule has 0 fully saturated rings. The Morgan fingerprint density at radius 1 is 0.875 bits per heavy atom. The molecule has 0 spiro atoms. The Hall–Kier alpha value is -2.83. The van der Waals surface area contributed by atoms with Gasteiger partial charge >= 0.3 is 0 Å². The molecular weight excluding hydrogens is 406 g/mol. The summed E-state index contributed by atoms with van der Waals surface area (Å²) in [6, 6.07) is 6.78. The number of amides is 2. The van der Waals surface area contributed by atoms with E-state index < -0.39 is 11.5 Å². The third-order valence-corrected chi connectivity index (χ3v) is 5.83. The van der Waals surface area contributed by atoms with Crippen LogP contribution in [0.4, 0.5) is 0 Å². The van der Waals surface area contributed by atoms with Gasteiger partial charge < -0.3 is 9.67 Å². The molecule has 0 radical (unpaired) electrons. The van der Waals surface area contributed by atoms with Crippen molar-refractivity contribution in [1.29, 1.82) is 0 Å². The molecule has 176 valence electrons. The number of para-hydroxylation sites is 1. The molecule has 2 rings (SSSR count). The molecule has 2 aromatic rings. The van der Waals surface area contributed by atoms with Crippen LogP contribution in [-0.4, -0.2) is 21.5 Å². The van der Waals surface area contributed by atoms with Crippen LogP contribution in [0.3, 0.4) is 0 Å².